The number of halogens is 1. The molecule has 2 aliphatic rings. The maximum absolute atomic E-state index is 5.97. The summed E-state index contributed by atoms with van der Waals surface area (Å²) < 4.78 is 5.87. The zero-order valence-electron chi connectivity index (χ0n) is 10.1. The lowest BCUT2D eigenvalue weighted by Gasteiger charge is -2.11. The molecule has 3 rings (SSSR count). The molecular weight excluding hydrogens is 234 g/mol. The molecule has 3 unspecified atom stereocenters. The summed E-state index contributed by atoms with van der Waals surface area (Å²) >= 11 is 5.97. The van der Waals surface area contributed by atoms with Gasteiger partial charge in [-0.15, -0.1) is 0 Å². The fraction of sp³-hybridized carbons (Fsp3) is 0.571. The molecular formula is C14H18ClNO. The summed E-state index contributed by atoms with van der Waals surface area (Å²) in [4.78, 5) is 0. The quantitative estimate of drug-likeness (QED) is 0.889. The number of ether oxygens (including phenoxy) is 1. The molecule has 0 spiro atoms. The van der Waals surface area contributed by atoms with E-state index in [1.807, 2.05) is 18.2 Å². The fourth-order valence-electron chi connectivity index (χ4n) is 2.52. The highest BCUT2D eigenvalue weighted by Crippen LogP contribution is 2.37. The summed E-state index contributed by atoms with van der Waals surface area (Å²) in [6, 6.07) is 5.88. The molecule has 1 aromatic rings. The van der Waals surface area contributed by atoms with Crippen LogP contribution in [0.1, 0.15) is 18.9 Å². The molecule has 1 aliphatic carbocycles. The number of rotatable bonds is 4. The molecule has 0 aromatic heterocycles. The van der Waals surface area contributed by atoms with Gasteiger partial charge in [0.15, 0.2) is 0 Å². The van der Waals surface area contributed by atoms with Crippen LogP contribution in [0.2, 0.25) is 5.02 Å². The molecule has 0 saturated heterocycles. The standard InChI is InChI=1S/C14H18ClNO/c1-9-4-11(9)7-16-8-13-6-10-5-12(15)2-3-14(10)17-13/h2-3,5,9,11,13,16H,4,6-8H2,1H3. The third-order valence-corrected chi connectivity index (χ3v) is 4.05. The van der Waals surface area contributed by atoms with E-state index in [1.54, 1.807) is 0 Å². The second-order valence-corrected chi connectivity index (χ2v) is 5.76. The monoisotopic (exact) mass is 251 g/mol. The van der Waals surface area contributed by atoms with Crippen LogP contribution < -0.4 is 10.1 Å². The minimum atomic E-state index is 0.275. The van der Waals surface area contributed by atoms with E-state index in [4.69, 9.17) is 16.3 Å². The van der Waals surface area contributed by atoms with E-state index in [0.29, 0.717) is 0 Å². The fourth-order valence-corrected chi connectivity index (χ4v) is 2.71. The normalized spacial score (nSPS) is 29.9. The van der Waals surface area contributed by atoms with Crippen LogP contribution in [0.4, 0.5) is 0 Å². The van der Waals surface area contributed by atoms with Gasteiger partial charge < -0.3 is 10.1 Å². The molecule has 1 aliphatic heterocycles. The molecule has 1 N–H and O–H groups in total. The Bertz CT molecular complexity index is 421. The van der Waals surface area contributed by atoms with Crippen molar-refractivity contribution in [1.29, 1.82) is 0 Å². The van der Waals surface area contributed by atoms with Crippen molar-refractivity contribution in [1.82, 2.24) is 5.32 Å². The van der Waals surface area contributed by atoms with Gasteiger partial charge in [-0.05, 0) is 48.6 Å². The van der Waals surface area contributed by atoms with Crippen molar-refractivity contribution in [3.8, 4) is 5.75 Å². The Hall–Kier alpha value is -0.730. The van der Waals surface area contributed by atoms with Crippen molar-refractivity contribution in [3.05, 3.63) is 28.8 Å². The Balaban J connectivity index is 1.48. The summed E-state index contributed by atoms with van der Waals surface area (Å²) in [7, 11) is 0. The lowest BCUT2D eigenvalue weighted by atomic mass is 10.1. The highest BCUT2D eigenvalue weighted by Gasteiger charge is 2.32. The van der Waals surface area contributed by atoms with E-state index < -0.39 is 0 Å². The van der Waals surface area contributed by atoms with E-state index in [0.717, 1.165) is 42.1 Å². The largest absolute Gasteiger partial charge is 0.488 e. The van der Waals surface area contributed by atoms with Crippen LogP contribution in [0.3, 0.4) is 0 Å². The second kappa shape index (κ2) is 4.51. The molecule has 0 amide bonds. The first kappa shape index (κ1) is 11.4. The molecule has 3 atom stereocenters. The number of hydrogen-bond acceptors (Lipinski definition) is 2. The first-order valence-electron chi connectivity index (χ1n) is 6.38. The topological polar surface area (TPSA) is 21.3 Å². The smallest absolute Gasteiger partial charge is 0.123 e. The minimum absolute atomic E-state index is 0.275. The first-order chi connectivity index (χ1) is 8.22. The summed E-state index contributed by atoms with van der Waals surface area (Å²) in [6.45, 7) is 4.39. The van der Waals surface area contributed by atoms with Gasteiger partial charge in [-0.2, -0.15) is 0 Å². The van der Waals surface area contributed by atoms with Gasteiger partial charge in [0.05, 0.1) is 0 Å². The van der Waals surface area contributed by atoms with Crippen molar-refractivity contribution >= 4 is 11.6 Å². The maximum Gasteiger partial charge on any atom is 0.123 e. The molecule has 0 bridgehead atoms. The van der Waals surface area contributed by atoms with E-state index in [1.165, 1.54) is 12.0 Å². The van der Waals surface area contributed by atoms with Crippen molar-refractivity contribution in [2.75, 3.05) is 13.1 Å². The Morgan fingerprint density at radius 2 is 2.24 bits per heavy atom. The van der Waals surface area contributed by atoms with Gasteiger partial charge in [0.2, 0.25) is 0 Å². The molecule has 1 fully saturated rings. The Kier molecular flexibility index (Phi) is 3.01. The van der Waals surface area contributed by atoms with Gasteiger partial charge in [-0.3, -0.25) is 0 Å². The number of nitrogens with one attached hydrogen (secondary N) is 1. The van der Waals surface area contributed by atoms with Gasteiger partial charge >= 0.3 is 0 Å². The highest BCUT2D eigenvalue weighted by atomic mass is 35.5. The number of hydrogen-bond donors (Lipinski definition) is 1. The molecule has 0 radical (unpaired) electrons. The molecule has 2 nitrogen and oxygen atoms in total. The summed E-state index contributed by atoms with van der Waals surface area (Å²) in [5.41, 5.74) is 1.24. The van der Waals surface area contributed by atoms with E-state index >= 15 is 0 Å². The Morgan fingerprint density at radius 1 is 1.41 bits per heavy atom. The van der Waals surface area contributed by atoms with Crippen LogP contribution in [0.15, 0.2) is 18.2 Å². The minimum Gasteiger partial charge on any atom is -0.488 e. The third-order valence-electron chi connectivity index (χ3n) is 3.82. The van der Waals surface area contributed by atoms with Gasteiger partial charge in [-0.1, -0.05) is 18.5 Å². The third kappa shape index (κ3) is 2.58. The first-order valence-corrected chi connectivity index (χ1v) is 6.76. The van der Waals surface area contributed by atoms with Crippen LogP contribution in [0, 0.1) is 11.8 Å². The van der Waals surface area contributed by atoms with Crippen molar-refractivity contribution < 1.29 is 4.74 Å². The highest BCUT2D eigenvalue weighted by molar-refractivity contribution is 6.30. The summed E-state index contributed by atoms with van der Waals surface area (Å²) in [5, 5.41) is 4.31. The van der Waals surface area contributed by atoms with Crippen molar-refractivity contribution in [2.45, 2.75) is 25.9 Å². The molecule has 1 saturated carbocycles. The molecule has 1 heterocycles. The van der Waals surface area contributed by atoms with Crippen molar-refractivity contribution in [2.24, 2.45) is 11.8 Å². The maximum atomic E-state index is 5.97. The molecule has 17 heavy (non-hydrogen) atoms. The second-order valence-electron chi connectivity index (χ2n) is 5.33. The molecule has 1 aromatic carbocycles. The van der Waals surface area contributed by atoms with Gasteiger partial charge in [0.25, 0.3) is 0 Å². The lowest BCUT2D eigenvalue weighted by Crippen LogP contribution is -2.31. The lowest BCUT2D eigenvalue weighted by molar-refractivity contribution is 0.227. The Labute approximate surface area is 107 Å². The van der Waals surface area contributed by atoms with Crippen LogP contribution in [-0.4, -0.2) is 19.2 Å². The SMILES string of the molecule is CC1CC1CNCC1Cc2cc(Cl)ccc2O1. The molecule has 3 heteroatoms. The van der Waals surface area contributed by atoms with Gasteiger partial charge in [0.1, 0.15) is 11.9 Å². The van der Waals surface area contributed by atoms with Crippen LogP contribution in [-0.2, 0) is 6.42 Å². The summed E-state index contributed by atoms with van der Waals surface area (Å²) in [6.07, 6.45) is 2.63. The number of fused-ring (bicyclic) bond motifs is 1. The zero-order chi connectivity index (χ0) is 11.8. The summed E-state index contributed by atoms with van der Waals surface area (Å²) in [5.74, 6) is 2.82. The van der Waals surface area contributed by atoms with Crippen LogP contribution in [0.25, 0.3) is 0 Å². The van der Waals surface area contributed by atoms with Gasteiger partial charge in [0, 0.05) is 18.0 Å². The van der Waals surface area contributed by atoms with Crippen molar-refractivity contribution in [3.63, 3.8) is 0 Å². The zero-order valence-corrected chi connectivity index (χ0v) is 10.8. The predicted octanol–water partition coefficient (Wildman–Crippen LogP) is 2.89. The van der Waals surface area contributed by atoms with Crippen LogP contribution in [0.5, 0.6) is 5.75 Å². The molecule has 92 valence electrons. The average molecular weight is 252 g/mol. The van der Waals surface area contributed by atoms with Gasteiger partial charge in [-0.25, -0.2) is 0 Å². The average Bonchev–Trinajstić information content (AvgIpc) is 2.85. The van der Waals surface area contributed by atoms with E-state index in [-0.39, 0.29) is 6.10 Å². The predicted molar refractivity (Wildman–Crippen MR) is 69.7 cm³/mol. The number of benzene rings is 1. The van der Waals surface area contributed by atoms with E-state index in [2.05, 4.69) is 12.2 Å². The van der Waals surface area contributed by atoms with Crippen LogP contribution >= 0.6 is 11.6 Å². The Morgan fingerprint density at radius 3 is 3.00 bits per heavy atom. The van der Waals surface area contributed by atoms with E-state index in [9.17, 15) is 0 Å².